The van der Waals surface area contributed by atoms with Crippen molar-refractivity contribution < 1.29 is 9.59 Å². The summed E-state index contributed by atoms with van der Waals surface area (Å²) in [6.07, 6.45) is 8.00. The standard InChI is InChI=1S/C31H57N11O2S2/c32-26(9-1-3-13-40-30(34)35)28(43)38-15-6-18-42(17-5-8-23-11-12-24-21-45-46-22-25(24)20-23)19-7-16-39-29(44)27(33)10-2-4-14-41-31(36)37/h11-12,20,26-27H,1-10,13-19,21-22,32-33H2,(H,38,43)(H,39,44)(H4,34,35,40)(H4,36,37,41)/t26-,27-/m1/s1. The Morgan fingerprint density at radius 1 is 0.696 bits per heavy atom. The second-order valence-electron chi connectivity index (χ2n) is 11.7. The third kappa shape index (κ3) is 17.8. The number of amides is 2. The van der Waals surface area contributed by atoms with Crippen molar-refractivity contribution in [3.8, 4) is 0 Å². The SMILES string of the molecule is N=C(N)NCCCC[C@@H](N)C(=O)NCCCN(CCCNC(=O)[C@H](N)CCCCNC(=N)N)CCCc1ccc2c(c1)CSSC2. The van der Waals surface area contributed by atoms with Gasteiger partial charge in [0.1, 0.15) is 0 Å². The zero-order valence-corrected chi connectivity index (χ0v) is 28.8. The van der Waals surface area contributed by atoms with E-state index in [9.17, 15) is 9.59 Å². The molecular formula is C31H57N11O2S2. The molecule has 0 aromatic heterocycles. The van der Waals surface area contributed by atoms with E-state index in [1.807, 2.05) is 21.6 Å². The van der Waals surface area contributed by atoms with Gasteiger partial charge in [-0.3, -0.25) is 20.4 Å². The van der Waals surface area contributed by atoms with Crippen molar-refractivity contribution in [2.24, 2.45) is 22.9 Å². The van der Waals surface area contributed by atoms with Crippen LogP contribution in [-0.4, -0.2) is 86.5 Å². The fourth-order valence-electron chi connectivity index (χ4n) is 5.14. The smallest absolute Gasteiger partial charge is 0.236 e. The summed E-state index contributed by atoms with van der Waals surface area (Å²) in [7, 11) is 3.84. The average Bonchev–Trinajstić information content (AvgIpc) is 3.03. The molecule has 260 valence electrons. The van der Waals surface area contributed by atoms with Crippen molar-refractivity contribution in [2.45, 2.75) is 87.8 Å². The van der Waals surface area contributed by atoms with Crippen LogP contribution in [0.2, 0.25) is 0 Å². The molecule has 1 aliphatic heterocycles. The van der Waals surface area contributed by atoms with Gasteiger partial charge < -0.3 is 49.1 Å². The molecule has 0 spiro atoms. The van der Waals surface area contributed by atoms with Gasteiger partial charge >= 0.3 is 0 Å². The molecule has 0 saturated carbocycles. The summed E-state index contributed by atoms with van der Waals surface area (Å²) < 4.78 is 0. The number of hydrogen-bond acceptors (Lipinski definition) is 9. The molecule has 1 aliphatic rings. The quantitative estimate of drug-likeness (QED) is 0.0323. The van der Waals surface area contributed by atoms with E-state index in [0.29, 0.717) is 39.0 Å². The van der Waals surface area contributed by atoms with Crippen LogP contribution >= 0.6 is 21.6 Å². The van der Waals surface area contributed by atoms with Crippen LogP contribution in [0.15, 0.2) is 18.2 Å². The molecule has 15 heteroatoms. The second kappa shape index (κ2) is 23.6. The number of nitrogens with zero attached hydrogens (tertiary/aromatic N) is 1. The van der Waals surface area contributed by atoms with Gasteiger partial charge in [-0.1, -0.05) is 39.8 Å². The van der Waals surface area contributed by atoms with Gasteiger partial charge in [0, 0.05) is 37.7 Å². The van der Waals surface area contributed by atoms with Crippen molar-refractivity contribution in [1.82, 2.24) is 26.2 Å². The summed E-state index contributed by atoms with van der Waals surface area (Å²) in [6, 6.07) is 5.81. The highest BCUT2D eigenvalue weighted by molar-refractivity contribution is 8.76. The van der Waals surface area contributed by atoms with Crippen LogP contribution in [-0.2, 0) is 27.5 Å². The topological polar surface area (TPSA) is 237 Å². The van der Waals surface area contributed by atoms with E-state index in [1.54, 1.807) is 0 Å². The average molecular weight is 680 g/mol. The molecule has 2 amide bonds. The maximum atomic E-state index is 12.5. The molecule has 0 saturated heterocycles. The van der Waals surface area contributed by atoms with Crippen LogP contribution in [0.25, 0.3) is 0 Å². The zero-order chi connectivity index (χ0) is 33.6. The van der Waals surface area contributed by atoms with Gasteiger partial charge in [0.15, 0.2) is 11.9 Å². The van der Waals surface area contributed by atoms with Crippen molar-refractivity contribution in [2.75, 3.05) is 45.8 Å². The third-order valence-corrected chi connectivity index (χ3v) is 10.0. The monoisotopic (exact) mass is 679 g/mol. The Morgan fingerprint density at radius 3 is 1.70 bits per heavy atom. The number of carbonyl (C=O) groups is 2. The Balaban J connectivity index is 1.74. The lowest BCUT2D eigenvalue weighted by Crippen LogP contribution is -2.42. The summed E-state index contributed by atoms with van der Waals surface area (Å²) in [5.74, 6) is 1.77. The Labute approximate surface area is 282 Å². The van der Waals surface area contributed by atoms with Crippen LogP contribution in [0.4, 0.5) is 0 Å². The van der Waals surface area contributed by atoms with Crippen LogP contribution in [0.1, 0.15) is 74.5 Å². The molecule has 0 aliphatic carbocycles. The highest BCUT2D eigenvalue weighted by atomic mass is 33.1. The minimum atomic E-state index is -0.547. The Hall–Kier alpha value is -2.72. The van der Waals surface area contributed by atoms with Gasteiger partial charge in [-0.05, 0) is 101 Å². The summed E-state index contributed by atoms with van der Waals surface area (Å²) >= 11 is 0. The normalized spacial score (nSPS) is 13.8. The number of guanidine groups is 2. The van der Waals surface area contributed by atoms with Crippen molar-refractivity contribution in [3.05, 3.63) is 34.9 Å². The predicted molar refractivity (Wildman–Crippen MR) is 193 cm³/mol. The van der Waals surface area contributed by atoms with E-state index in [1.165, 1.54) is 16.7 Å². The fourth-order valence-corrected chi connectivity index (χ4v) is 7.37. The van der Waals surface area contributed by atoms with Crippen molar-refractivity contribution in [3.63, 3.8) is 0 Å². The lowest BCUT2D eigenvalue weighted by molar-refractivity contribution is -0.123. The molecule has 2 atom stereocenters. The number of unbranched alkanes of at least 4 members (excludes halogenated alkanes) is 2. The summed E-state index contributed by atoms with van der Waals surface area (Å²) in [6.45, 7) is 4.93. The number of hydrogen-bond donors (Lipinski definition) is 10. The zero-order valence-electron chi connectivity index (χ0n) is 27.2. The summed E-state index contributed by atoms with van der Waals surface area (Å²) in [5, 5.41) is 25.8. The molecule has 0 unspecified atom stereocenters. The molecule has 0 fully saturated rings. The highest BCUT2D eigenvalue weighted by Gasteiger charge is 2.15. The van der Waals surface area contributed by atoms with Gasteiger partial charge in [0.25, 0.3) is 0 Å². The minimum Gasteiger partial charge on any atom is -0.370 e. The Kier molecular flexibility index (Phi) is 20.2. The maximum Gasteiger partial charge on any atom is 0.236 e. The van der Waals surface area contributed by atoms with E-state index in [2.05, 4.69) is 44.4 Å². The van der Waals surface area contributed by atoms with Gasteiger partial charge in [0.2, 0.25) is 11.8 Å². The maximum absolute atomic E-state index is 12.5. The molecule has 0 radical (unpaired) electrons. The lowest BCUT2D eigenvalue weighted by Gasteiger charge is -2.23. The van der Waals surface area contributed by atoms with E-state index < -0.39 is 12.1 Å². The van der Waals surface area contributed by atoms with E-state index in [-0.39, 0.29) is 23.7 Å². The second-order valence-corrected chi connectivity index (χ2v) is 14.2. The first-order valence-electron chi connectivity index (χ1n) is 16.5. The molecule has 1 aromatic carbocycles. The first kappa shape index (κ1) is 39.5. The number of carbonyl (C=O) groups excluding carboxylic acids is 2. The van der Waals surface area contributed by atoms with E-state index >= 15 is 0 Å². The molecule has 46 heavy (non-hydrogen) atoms. The van der Waals surface area contributed by atoms with Crippen LogP contribution in [0.3, 0.4) is 0 Å². The molecule has 0 bridgehead atoms. The number of nitrogens with one attached hydrogen (secondary N) is 6. The van der Waals surface area contributed by atoms with Crippen LogP contribution in [0.5, 0.6) is 0 Å². The number of rotatable bonds is 24. The van der Waals surface area contributed by atoms with E-state index in [0.717, 1.165) is 82.5 Å². The molecular weight excluding hydrogens is 623 g/mol. The largest absolute Gasteiger partial charge is 0.370 e. The minimum absolute atomic E-state index is 0.0510. The predicted octanol–water partition coefficient (Wildman–Crippen LogP) is 1.29. The van der Waals surface area contributed by atoms with Gasteiger partial charge in [-0.2, -0.15) is 0 Å². The molecule has 1 aromatic rings. The summed E-state index contributed by atoms with van der Waals surface area (Å²) in [4.78, 5) is 27.3. The first-order valence-corrected chi connectivity index (χ1v) is 18.9. The molecule has 1 heterocycles. The fraction of sp³-hybridized carbons (Fsp3) is 0.677. The van der Waals surface area contributed by atoms with Crippen molar-refractivity contribution in [1.29, 1.82) is 10.8 Å². The Morgan fingerprint density at radius 2 is 1.17 bits per heavy atom. The van der Waals surface area contributed by atoms with Crippen LogP contribution in [0, 0.1) is 10.8 Å². The molecule has 2 rings (SSSR count). The van der Waals surface area contributed by atoms with Crippen molar-refractivity contribution >= 4 is 45.3 Å². The summed E-state index contributed by atoms with van der Waals surface area (Å²) in [5.41, 5.74) is 27.0. The lowest BCUT2D eigenvalue weighted by atomic mass is 10.0. The highest BCUT2D eigenvalue weighted by Crippen LogP contribution is 2.37. The molecule has 14 N–H and O–H groups in total. The Bertz CT molecular complexity index is 1030. The van der Waals surface area contributed by atoms with Gasteiger partial charge in [-0.15, -0.1) is 0 Å². The van der Waals surface area contributed by atoms with E-state index in [4.69, 9.17) is 33.8 Å². The number of benzene rings is 1. The number of nitrogens with two attached hydrogens (primary N) is 4. The van der Waals surface area contributed by atoms with Gasteiger partial charge in [0.05, 0.1) is 12.1 Å². The first-order chi connectivity index (χ1) is 22.2. The van der Waals surface area contributed by atoms with Gasteiger partial charge in [-0.25, -0.2) is 0 Å². The molecule has 13 nitrogen and oxygen atoms in total. The number of aryl methyl sites for hydroxylation is 1. The number of fused-ring (bicyclic) bond motifs is 1. The van der Waals surface area contributed by atoms with Crippen LogP contribution < -0.4 is 44.2 Å². The third-order valence-electron chi connectivity index (χ3n) is 7.81.